The highest BCUT2D eigenvalue weighted by atomic mass is 16.5. The van der Waals surface area contributed by atoms with Crippen molar-refractivity contribution >= 4 is 10.9 Å². The molecule has 9 nitrogen and oxygen atoms in total. The Bertz CT molecular complexity index is 1280. The van der Waals surface area contributed by atoms with Crippen molar-refractivity contribution in [1.82, 2.24) is 29.9 Å². The smallest absolute Gasteiger partial charge is 0.111 e. The van der Waals surface area contributed by atoms with Gasteiger partial charge in [-0.25, -0.2) is 4.98 Å². The summed E-state index contributed by atoms with van der Waals surface area (Å²) < 4.78 is 7.32. The zero-order valence-electron chi connectivity index (χ0n) is 17.0. The first kappa shape index (κ1) is 19.4. The molecule has 4 aromatic heterocycles. The Kier molecular flexibility index (Phi) is 4.73. The van der Waals surface area contributed by atoms with E-state index in [-0.39, 0.29) is 18.2 Å². The maximum absolute atomic E-state index is 9.36. The van der Waals surface area contributed by atoms with Gasteiger partial charge in [0.25, 0.3) is 0 Å². The minimum absolute atomic E-state index is 0.147. The molecule has 4 heterocycles. The lowest BCUT2D eigenvalue weighted by Gasteiger charge is -2.45. The highest BCUT2D eigenvalue weighted by Crippen LogP contribution is 2.43. The van der Waals surface area contributed by atoms with Crippen LogP contribution in [0.25, 0.3) is 33.7 Å². The standard InChI is InChI=1S/C22H21N7O2/c1-31-15-11-22(12-15,5-6-23)29-8-4-17(28-29)21-16-3-2-7-24-18(16)10-19(25-21)20-9-14(13-30)26-27-20/h2-4,7-10,15,30H,5,11-13H2,1H3,(H,26,27)/t15-,22-. The summed E-state index contributed by atoms with van der Waals surface area (Å²) in [5, 5.41) is 31.4. The molecule has 1 saturated carbocycles. The van der Waals surface area contributed by atoms with Crippen LogP contribution in [0.1, 0.15) is 25.0 Å². The molecule has 1 fully saturated rings. The van der Waals surface area contributed by atoms with Crippen LogP contribution in [-0.4, -0.2) is 48.3 Å². The molecule has 5 rings (SSSR count). The number of rotatable bonds is 6. The van der Waals surface area contributed by atoms with Gasteiger partial charge in [-0.3, -0.25) is 14.8 Å². The van der Waals surface area contributed by atoms with Crippen molar-refractivity contribution in [1.29, 1.82) is 5.26 Å². The van der Waals surface area contributed by atoms with E-state index >= 15 is 0 Å². The van der Waals surface area contributed by atoms with Crippen LogP contribution in [0, 0.1) is 11.3 Å². The molecule has 0 amide bonds. The van der Waals surface area contributed by atoms with Gasteiger partial charge in [0, 0.05) is 24.9 Å². The van der Waals surface area contributed by atoms with Crippen LogP contribution in [0.3, 0.4) is 0 Å². The number of hydrogen-bond acceptors (Lipinski definition) is 7. The molecule has 1 aliphatic carbocycles. The number of nitriles is 1. The third-order valence-corrected chi connectivity index (χ3v) is 5.94. The molecule has 4 aromatic rings. The highest BCUT2D eigenvalue weighted by molar-refractivity contribution is 5.93. The molecule has 0 saturated heterocycles. The van der Waals surface area contributed by atoms with Gasteiger partial charge in [-0.05, 0) is 43.2 Å². The predicted octanol–water partition coefficient (Wildman–Crippen LogP) is 2.79. The van der Waals surface area contributed by atoms with Crippen LogP contribution in [0.5, 0.6) is 0 Å². The van der Waals surface area contributed by atoms with E-state index in [9.17, 15) is 10.4 Å². The summed E-state index contributed by atoms with van der Waals surface area (Å²) in [5.41, 5.74) is 3.75. The Labute approximate surface area is 178 Å². The van der Waals surface area contributed by atoms with Gasteiger partial charge in [-0.15, -0.1) is 0 Å². The lowest BCUT2D eigenvalue weighted by atomic mass is 9.72. The SMILES string of the molecule is CO[C@H]1C[C@](CC#N)(n2ccc(-c3nc(-c4cc(CO)n[nH]4)cc4ncccc34)n2)C1. The lowest BCUT2D eigenvalue weighted by Crippen LogP contribution is -2.50. The number of aromatic amines is 1. The molecule has 1 aliphatic rings. The Hall–Kier alpha value is -3.61. The average molecular weight is 415 g/mol. The first-order valence-corrected chi connectivity index (χ1v) is 10.0. The summed E-state index contributed by atoms with van der Waals surface area (Å²) in [6, 6.07) is 11.7. The van der Waals surface area contributed by atoms with Crippen LogP contribution in [-0.2, 0) is 16.9 Å². The quantitative estimate of drug-likeness (QED) is 0.496. The normalized spacial score (nSPS) is 20.5. The lowest BCUT2D eigenvalue weighted by molar-refractivity contribution is -0.0541. The molecule has 0 radical (unpaired) electrons. The zero-order valence-corrected chi connectivity index (χ0v) is 17.0. The summed E-state index contributed by atoms with van der Waals surface area (Å²) in [4.78, 5) is 9.34. The van der Waals surface area contributed by atoms with Crippen molar-refractivity contribution < 1.29 is 9.84 Å². The molecule has 9 heteroatoms. The van der Waals surface area contributed by atoms with E-state index in [2.05, 4.69) is 21.3 Å². The van der Waals surface area contributed by atoms with Gasteiger partial charge in [0.05, 0.1) is 53.3 Å². The molecule has 0 atom stereocenters. The zero-order chi connectivity index (χ0) is 21.4. The largest absolute Gasteiger partial charge is 0.390 e. The fourth-order valence-corrected chi connectivity index (χ4v) is 4.21. The predicted molar refractivity (Wildman–Crippen MR) is 112 cm³/mol. The number of ether oxygens (including phenoxy) is 1. The topological polar surface area (TPSA) is 126 Å². The van der Waals surface area contributed by atoms with Crippen molar-refractivity contribution in [3.05, 3.63) is 48.4 Å². The van der Waals surface area contributed by atoms with E-state index in [4.69, 9.17) is 14.8 Å². The average Bonchev–Trinajstić information content (AvgIpc) is 3.45. The molecule has 2 N–H and O–H groups in total. The van der Waals surface area contributed by atoms with Crippen molar-refractivity contribution in [2.24, 2.45) is 0 Å². The van der Waals surface area contributed by atoms with E-state index in [0.29, 0.717) is 34.9 Å². The Morgan fingerprint density at radius 1 is 1.32 bits per heavy atom. The van der Waals surface area contributed by atoms with Crippen molar-refractivity contribution in [3.63, 3.8) is 0 Å². The number of aromatic nitrogens is 6. The summed E-state index contributed by atoms with van der Waals surface area (Å²) in [7, 11) is 1.70. The molecular weight excluding hydrogens is 394 g/mol. The second kappa shape index (κ2) is 7.58. The molecule has 0 aliphatic heterocycles. The fraction of sp³-hybridized carbons (Fsp3) is 0.318. The monoisotopic (exact) mass is 415 g/mol. The molecule has 0 unspecified atom stereocenters. The number of aliphatic hydroxyl groups is 1. The molecule has 0 spiro atoms. The molecule has 156 valence electrons. The van der Waals surface area contributed by atoms with Gasteiger partial charge in [0.1, 0.15) is 11.4 Å². The van der Waals surface area contributed by atoms with E-state index in [0.717, 1.165) is 23.7 Å². The Morgan fingerprint density at radius 3 is 2.94 bits per heavy atom. The number of pyridine rings is 2. The number of hydrogen-bond donors (Lipinski definition) is 2. The van der Waals surface area contributed by atoms with Gasteiger partial charge >= 0.3 is 0 Å². The number of H-pyrrole nitrogens is 1. The second-order valence-electron chi connectivity index (χ2n) is 7.83. The first-order chi connectivity index (χ1) is 15.2. The number of nitrogens with zero attached hydrogens (tertiary/aromatic N) is 6. The van der Waals surface area contributed by atoms with Crippen molar-refractivity contribution in [2.45, 2.75) is 37.5 Å². The number of fused-ring (bicyclic) bond motifs is 1. The maximum Gasteiger partial charge on any atom is 0.111 e. The summed E-state index contributed by atoms with van der Waals surface area (Å²) in [6.07, 6.45) is 5.69. The summed E-state index contributed by atoms with van der Waals surface area (Å²) in [5.74, 6) is 0. The third kappa shape index (κ3) is 3.26. The van der Waals surface area contributed by atoms with E-state index in [1.54, 1.807) is 19.4 Å². The van der Waals surface area contributed by atoms with E-state index in [1.165, 1.54) is 0 Å². The van der Waals surface area contributed by atoms with Crippen LogP contribution in [0.2, 0.25) is 0 Å². The van der Waals surface area contributed by atoms with E-state index < -0.39 is 0 Å². The maximum atomic E-state index is 9.36. The summed E-state index contributed by atoms with van der Waals surface area (Å²) in [6.45, 7) is -0.150. The van der Waals surface area contributed by atoms with Crippen LogP contribution < -0.4 is 0 Å². The van der Waals surface area contributed by atoms with Crippen LogP contribution in [0.4, 0.5) is 0 Å². The Morgan fingerprint density at radius 2 is 2.19 bits per heavy atom. The molecular formula is C22H21N7O2. The minimum Gasteiger partial charge on any atom is -0.390 e. The van der Waals surface area contributed by atoms with Crippen LogP contribution in [0.15, 0.2) is 42.7 Å². The minimum atomic E-state index is -0.348. The third-order valence-electron chi connectivity index (χ3n) is 5.94. The van der Waals surface area contributed by atoms with Crippen LogP contribution >= 0.6 is 0 Å². The van der Waals surface area contributed by atoms with Gasteiger partial charge in [0.2, 0.25) is 0 Å². The second-order valence-corrected chi connectivity index (χ2v) is 7.83. The summed E-state index contributed by atoms with van der Waals surface area (Å²) >= 11 is 0. The van der Waals surface area contributed by atoms with Gasteiger partial charge in [0.15, 0.2) is 0 Å². The number of methoxy groups -OCH3 is 1. The van der Waals surface area contributed by atoms with Crippen molar-refractivity contribution in [2.75, 3.05) is 7.11 Å². The van der Waals surface area contributed by atoms with Gasteiger partial charge < -0.3 is 9.84 Å². The number of aliphatic hydroxyl groups excluding tert-OH is 1. The van der Waals surface area contributed by atoms with Gasteiger partial charge in [-0.2, -0.15) is 15.5 Å². The first-order valence-electron chi connectivity index (χ1n) is 10.0. The van der Waals surface area contributed by atoms with E-state index in [1.807, 2.05) is 35.1 Å². The Balaban J connectivity index is 1.60. The highest BCUT2D eigenvalue weighted by Gasteiger charge is 2.47. The fourth-order valence-electron chi connectivity index (χ4n) is 4.21. The molecule has 0 aromatic carbocycles. The van der Waals surface area contributed by atoms with Gasteiger partial charge in [-0.1, -0.05) is 0 Å². The number of nitrogens with one attached hydrogen (secondary N) is 1. The van der Waals surface area contributed by atoms with Crippen molar-refractivity contribution in [3.8, 4) is 28.8 Å². The molecule has 0 bridgehead atoms. The molecule has 31 heavy (non-hydrogen) atoms.